The van der Waals surface area contributed by atoms with Crippen molar-refractivity contribution in [2.45, 2.75) is 18.3 Å². The van der Waals surface area contributed by atoms with Crippen LogP contribution in [0.5, 0.6) is 5.75 Å². The molecule has 2 fully saturated rings. The smallest absolute Gasteiger partial charge is 0.419 e. The molecule has 2 atom stereocenters. The Morgan fingerprint density at radius 3 is 2.50 bits per heavy atom. The predicted octanol–water partition coefficient (Wildman–Crippen LogP) is 2.21. The summed E-state index contributed by atoms with van der Waals surface area (Å²) in [5, 5.41) is 17.2. The zero-order valence-corrected chi connectivity index (χ0v) is 16.6. The number of hydrogen-bond acceptors (Lipinski definition) is 7. The van der Waals surface area contributed by atoms with Crippen molar-refractivity contribution in [1.82, 2.24) is 25.1 Å². The molecular weight excluding hydrogens is 439 g/mol. The molecule has 0 radical (unpaired) electrons. The van der Waals surface area contributed by atoms with Gasteiger partial charge in [0.2, 0.25) is 5.95 Å². The Bertz CT molecular complexity index is 1190. The van der Waals surface area contributed by atoms with Gasteiger partial charge in [0, 0.05) is 31.9 Å². The van der Waals surface area contributed by atoms with Crippen molar-refractivity contribution >= 4 is 17.0 Å². The lowest BCUT2D eigenvalue weighted by Gasteiger charge is -2.45. The summed E-state index contributed by atoms with van der Waals surface area (Å²) in [6, 6.07) is 0.305. The Morgan fingerprint density at radius 1 is 1.16 bits per heavy atom. The number of nitrogens with zero attached hydrogens (tertiary/aromatic N) is 5. The third kappa shape index (κ3) is 3.14. The fourth-order valence-electron chi connectivity index (χ4n) is 4.21. The molecule has 2 aliphatic rings. The minimum Gasteiger partial charge on any atom is -0.503 e. The zero-order valence-electron chi connectivity index (χ0n) is 16.6. The number of phenolic OH excluding ortho intramolecular Hbond substituents is 1. The molecule has 2 saturated heterocycles. The van der Waals surface area contributed by atoms with Crippen LogP contribution in [0.1, 0.15) is 5.56 Å². The van der Waals surface area contributed by atoms with Crippen LogP contribution in [0.25, 0.3) is 22.3 Å². The highest BCUT2D eigenvalue weighted by molar-refractivity contribution is 5.91. The summed E-state index contributed by atoms with van der Waals surface area (Å²) in [5.41, 5.74) is -2.49. The third-order valence-corrected chi connectivity index (χ3v) is 5.70. The molecule has 32 heavy (non-hydrogen) atoms. The highest BCUT2D eigenvalue weighted by atomic mass is 19.4. The second-order valence-electron chi connectivity index (χ2n) is 7.74. The van der Waals surface area contributed by atoms with Gasteiger partial charge in [-0.25, -0.2) is 18.4 Å². The number of phenols is 1. The van der Waals surface area contributed by atoms with E-state index in [1.807, 2.05) is 4.90 Å². The van der Waals surface area contributed by atoms with E-state index in [2.05, 4.69) is 20.4 Å². The minimum atomic E-state index is -5.14. The fraction of sp³-hybridized carbons (Fsp3) is 0.421. The summed E-state index contributed by atoms with van der Waals surface area (Å²) < 4.78 is 74.9. The average molecular weight is 456 g/mol. The molecule has 2 bridgehead atoms. The predicted molar refractivity (Wildman–Crippen MR) is 102 cm³/mol. The Kier molecular flexibility index (Phi) is 4.71. The summed E-state index contributed by atoms with van der Waals surface area (Å²) >= 11 is 0. The fourth-order valence-corrected chi connectivity index (χ4v) is 4.21. The first-order valence-corrected chi connectivity index (χ1v) is 9.72. The number of benzene rings is 1. The molecule has 170 valence electrons. The summed E-state index contributed by atoms with van der Waals surface area (Å²) in [5.74, 6) is -4.96. The van der Waals surface area contributed by atoms with Gasteiger partial charge in [0.05, 0.1) is 36.2 Å². The van der Waals surface area contributed by atoms with Crippen LogP contribution in [0.4, 0.5) is 27.9 Å². The first kappa shape index (κ1) is 20.8. The summed E-state index contributed by atoms with van der Waals surface area (Å²) in [7, 11) is 1.50. The van der Waals surface area contributed by atoms with Crippen LogP contribution >= 0.6 is 0 Å². The minimum absolute atomic E-state index is 0.00785. The molecule has 8 nitrogen and oxygen atoms in total. The number of aromatic nitrogens is 4. The van der Waals surface area contributed by atoms with Crippen LogP contribution in [-0.2, 0) is 18.0 Å². The highest BCUT2D eigenvalue weighted by Crippen LogP contribution is 2.41. The molecule has 0 unspecified atom stereocenters. The molecule has 0 aliphatic carbocycles. The molecule has 3 aromatic rings. The molecule has 2 aromatic heterocycles. The van der Waals surface area contributed by atoms with Crippen LogP contribution in [-0.4, -0.2) is 63.2 Å². The van der Waals surface area contributed by atoms with E-state index in [1.54, 1.807) is 0 Å². The SMILES string of the molecule is Cn1nc(-c2cc(C(F)(F)F)c(F)c(O)c2F)c2cnc(N3[C@@H]4CNC[C@H]3COC4)nc21. The van der Waals surface area contributed by atoms with Gasteiger partial charge in [-0.2, -0.15) is 23.3 Å². The maximum atomic E-state index is 14.6. The number of nitrogens with one attached hydrogen (secondary N) is 1. The molecule has 2 aliphatic heterocycles. The van der Waals surface area contributed by atoms with Crippen molar-refractivity contribution in [1.29, 1.82) is 0 Å². The second kappa shape index (κ2) is 7.24. The van der Waals surface area contributed by atoms with Crippen molar-refractivity contribution in [3.63, 3.8) is 0 Å². The van der Waals surface area contributed by atoms with Crippen LogP contribution in [0.2, 0.25) is 0 Å². The van der Waals surface area contributed by atoms with Gasteiger partial charge in [-0.15, -0.1) is 0 Å². The van der Waals surface area contributed by atoms with E-state index in [4.69, 9.17) is 4.74 Å². The lowest BCUT2D eigenvalue weighted by Crippen LogP contribution is -2.64. The lowest BCUT2D eigenvalue weighted by molar-refractivity contribution is -0.140. The highest BCUT2D eigenvalue weighted by Gasteiger charge is 2.39. The van der Waals surface area contributed by atoms with E-state index in [1.165, 1.54) is 17.9 Å². The summed E-state index contributed by atoms with van der Waals surface area (Å²) in [4.78, 5) is 10.9. The molecule has 0 saturated carbocycles. The van der Waals surface area contributed by atoms with Crippen molar-refractivity contribution in [2.24, 2.45) is 7.05 Å². The molecule has 4 heterocycles. The number of fused-ring (bicyclic) bond motifs is 3. The number of morpholine rings is 1. The number of aromatic hydroxyl groups is 1. The molecule has 0 amide bonds. The third-order valence-electron chi connectivity index (χ3n) is 5.70. The van der Waals surface area contributed by atoms with Gasteiger partial charge in [-0.3, -0.25) is 0 Å². The number of halogens is 5. The Hall–Kier alpha value is -3.06. The summed E-state index contributed by atoms with van der Waals surface area (Å²) in [6.07, 6.45) is -3.80. The van der Waals surface area contributed by atoms with E-state index < -0.39 is 34.7 Å². The van der Waals surface area contributed by atoms with Gasteiger partial charge in [0.1, 0.15) is 5.69 Å². The van der Waals surface area contributed by atoms with Crippen LogP contribution in [0.3, 0.4) is 0 Å². The van der Waals surface area contributed by atoms with Crippen molar-refractivity contribution in [3.8, 4) is 17.0 Å². The molecule has 0 spiro atoms. The summed E-state index contributed by atoms with van der Waals surface area (Å²) in [6.45, 7) is 2.33. The van der Waals surface area contributed by atoms with E-state index in [9.17, 15) is 27.1 Å². The van der Waals surface area contributed by atoms with Crippen LogP contribution in [0, 0.1) is 11.6 Å². The molecule has 1 aromatic carbocycles. The number of alkyl halides is 3. The Balaban J connectivity index is 1.64. The molecule has 2 N–H and O–H groups in total. The normalized spacial score (nSPS) is 21.4. The number of ether oxygens (including phenoxy) is 1. The topological polar surface area (TPSA) is 88.3 Å². The van der Waals surface area contributed by atoms with E-state index in [0.29, 0.717) is 32.3 Å². The maximum absolute atomic E-state index is 14.6. The van der Waals surface area contributed by atoms with Crippen LogP contribution in [0.15, 0.2) is 12.3 Å². The largest absolute Gasteiger partial charge is 0.503 e. The van der Waals surface area contributed by atoms with Gasteiger partial charge < -0.3 is 20.1 Å². The average Bonchev–Trinajstić information content (AvgIpc) is 3.06. The lowest BCUT2D eigenvalue weighted by atomic mass is 10.0. The van der Waals surface area contributed by atoms with Gasteiger partial charge in [-0.05, 0) is 6.07 Å². The standard InChI is InChI=1S/C19H17F5N6O2/c1-29-17-11(5-26-18(27-17)30-8-3-25-4-9(30)7-32-6-8)15(28-29)10-2-12(19(22,23)24)14(21)16(31)13(10)20/h2,5,8-9,25,31H,3-4,6-7H2,1H3/t8-,9+. The van der Waals surface area contributed by atoms with Gasteiger partial charge in [-0.1, -0.05) is 0 Å². The van der Waals surface area contributed by atoms with E-state index in [-0.39, 0.29) is 34.9 Å². The molecular formula is C19H17F5N6O2. The number of rotatable bonds is 2. The maximum Gasteiger partial charge on any atom is 0.419 e. The molecule has 5 rings (SSSR count). The van der Waals surface area contributed by atoms with Crippen molar-refractivity contribution < 1.29 is 31.8 Å². The van der Waals surface area contributed by atoms with E-state index in [0.717, 1.165) is 0 Å². The van der Waals surface area contributed by atoms with Gasteiger partial charge >= 0.3 is 6.18 Å². The molecule has 13 heteroatoms. The monoisotopic (exact) mass is 456 g/mol. The first-order valence-electron chi connectivity index (χ1n) is 9.72. The Morgan fingerprint density at radius 2 is 1.84 bits per heavy atom. The number of piperazine rings is 1. The van der Waals surface area contributed by atoms with E-state index >= 15 is 0 Å². The van der Waals surface area contributed by atoms with Crippen molar-refractivity contribution in [3.05, 3.63) is 29.5 Å². The Labute approximate surface area is 177 Å². The number of aryl methyl sites for hydroxylation is 1. The van der Waals surface area contributed by atoms with Gasteiger partial charge in [0.15, 0.2) is 23.0 Å². The zero-order chi connectivity index (χ0) is 22.8. The number of anilines is 1. The first-order chi connectivity index (χ1) is 15.2. The van der Waals surface area contributed by atoms with Crippen molar-refractivity contribution in [2.75, 3.05) is 31.2 Å². The van der Waals surface area contributed by atoms with Gasteiger partial charge in [0.25, 0.3) is 0 Å². The second-order valence-corrected chi connectivity index (χ2v) is 7.74. The number of hydrogen-bond donors (Lipinski definition) is 2. The van der Waals surface area contributed by atoms with Crippen LogP contribution < -0.4 is 10.2 Å². The quantitative estimate of drug-likeness (QED) is 0.572.